The summed E-state index contributed by atoms with van der Waals surface area (Å²) < 4.78 is 5.25. The molecule has 0 spiro atoms. The summed E-state index contributed by atoms with van der Waals surface area (Å²) in [6.45, 7) is 1.29. The van der Waals surface area contributed by atoms with Crippen molar-refractivity contribution in [2.45, 2.75) is 25.5 Å². The molecule has 2 rings (SSSR count). The lowest BCUT2D eigenvalue weighted by Gasteiger charge is -2.20. The zero-order valence-corrected chi connectivity index (χ0v) is 12.7. The fraction of sp³-hybridized carbons (Fsp3) is 0.562. The maximum absolute atomic E-state index is 11.9. The number of hydrogen-bond acceptors (Lipinski definition) is 4. The van der Waals surface area contributed by atoms with E-state index in [0.29, 0.717) is 25.6 Å². The van der Waals surface area contributed by atoms with Crippen molar-refractivity contribution >= 4 is 5.91 Å². The lowest BCUT2D eigenvalue weighted by Crippen LogP contribution is -2.39. The van der Waals surface area contributed by atoms with Gasteiger partial charge in [-0.3, -0.25) is 9.69 Å². The van der Waals surface area contributed by atoms with Crippen LogP contribution in [0.5, 0.6) is 5.75 Å². The number of ether oxygens (including phenoxy) is 1. The molecule has 1 unspecified atom stereocenters. The van der Waals surface area contributed by atoms with Crippen LogP contribution < -0.4 is 10.1 Å². The van der Waals surface area contributed by atoms with Crippen LogP contribution in [0, 0.1) is 5.92 Å². The molecule has 0 saturated heterocycles. The van der Waals surface area contributed by atoms with Crippen molar-refractivity contribution in [1.82, 2.24) is 10.2 Å². The van der Waals surface area contributed by atoms with Gasteiger partial charge in [-0.25, -0.2) is 0 Å². The van der Waals surface area contributed by atoms with Gasteiger partial charge in [-0.15, -0.1) is 0 Å². The van der Waals surface area contributed by atoms with Gasteiger partial charge < -0.3 is 15.2 Å². The van der Waals surface area contributed by atoms with Crippen LogP contribution in [0.3, 0.4) is 0 Å². The summed E-state index contributed by atoms with van der Waals surface area (Å²) in [5.41, 5.74) is 0.953. The molecular weight excluding hydrogens is 268 g/mol. The molecule has 0 heterocycles. The number of carbonyl (C=O) groups excluding carboxylic acids is 1. The summed E-state index contributed by atoms with van der Waals surface area (Å²) in [5.74, 6) is 1.16. The van der Waals surface area contributed by atoms with Gasteiger partial charge in [0.25, 0.3) is 0 Å². The van der Waals surface area contributed by atoms with E-state index >= 15 is 0 Å². The molecule has 1 aromatic rings. The number of rotatable bonds is 8. The van der Waals surface area contributed by atoms with E-state index in [4.69, 9.17) is 4.74 Å². The molecule has 1 atom stereocenters. The molecule has 1 saturated carbocycles. The van der Waals surface area contributed by atoms with E-state index in [1.807, 2.05) is 36.2 Å². The average molecular weight is 292 g/mol. The third-order valence-corrected chi connectivity index (χ3v) is 3.75. The molecular formula is C16H24N2O3. The van der Waals surface area contributed by atoms with E-state index in [1.165, 1.54) is 0 Å². The molecule has 116 valence electrons. The van der Waals surface area contributed by atoms with Crippen LogP contribution in [0.25, 0.3) is 0 Å². The zero-order valence-electron chi connectivity index (χ0n) is 12.7. The molecule has 1 fully saturated rings. The number of amides is 1. The largest absolute Gasteiger partial charge is 0.496 e. The second-order valence-electron chi connectivity index (χ2n) is 5.69. The number of carbonyl (C=O) groups is 1. The van der Waals surface area contributed by atoms with Crippen molar-refractivity contribution in [2.24, 2.45) is 5.92 Å². The van der Waals surface area contributed by atoms with Crippen molar-refractivity contribution in [2.75, 3.05) is 27.2 Å². The minimum atomic E-state index is -0.308. The Morgan fingerprint density at radius 2 is 2.19 bits per heavy atom. The first-order valence-corrected chi connectivity index (χ1v) is 7.35. The monoisotopic (exact) mass is 292 g/mol. The third-order valence-electron chi connectivity index (χ3n) is 3.75. The summed E-state index contributed by atoms with van der Waals surface area (Å²) in [6.07, 6.45) is 1.90. The number of nitrogens with one attached hydrogen (secondary N) is 1. The molecule has 2 N–H and O–H groups in total. The summed E-state index contributed by atoms with van der Waals surface area (Å²) in [5, 5.41) is 12.7. The first-order chi connectivity index (χ1) is 10.1. The van der Waals surface area contributed by atoms with Crippen LogP contribution in [0.1, 0.15) is 18.4 Å². The lowest BCUT2D eigenvalue weighted by molar-refractivity contribution is -0.122. The number of likely N-dealkylation sites (N-methyl/N-ethyl adjacent to an activating group) is 1. The highest BCUT2D eigenvalue weighted by atomic mass is 16.5. The quantitative estimate of drug-likeness (QED) is 0.751. The number of benzene rings is 1. The van der Waals surface area contributed by atoms with E-state index in [-0.39, 0.29) is 12.0 Å². The van der Waals surface area contributed by atoms with E-state index in [2.05, 4.69) is 5.32 Å². The first kappa shape index (κ1) is 15.8. The molecule has 1 aliphatic rings. The molecule has 5 nitrogen and oxygen atoms in total. The molecule has 1 aliphatic carbocycles. The van der Waals surface area contributed by atoms with Crippen molar-refractivity contribution in [3.63, 3.8) is 0 Å². The fourth-order valence-corrected chi connectivity index (χ4v) is 2.36. The van der Waals surface area contributed by atoms with E-state index in [0.717, 1.165) is 24.2 Å². The van der Waals surface area contributed by atoms with Crippen molar-refractivity contribution < 1.29 is 14.6 Å². The van der Waals surface area contributed by atoms with Crippen LogP contribution in [0.15, 0.2) is 24.3 Å². The summed E-state index contributed by atoms with van der Waals surface area (Å²) >= 11 is 0. The summed E-state index contributed by atoms with van der Waals surface area (Å²) in [6, 6.07) is 7.62. The zero-order chi connectivity index (χ0) is 15.2. The minimum absolute atomic E-state index is 0.0496. The Bertz CT molecular complexity index is 474. The SMILES string of the molecule is COc1ccccc1CNC(=O)CN(C)CC(O)C1CC1. The highest BCUT2D eigenvalue weighted by Crippen LogP contribution is 2.32. The first-order valence-electron chi connectivity index (χ1n) is 7.35. The molecule has 1 amide bonds. The summed E-state index contributed by atoms with van der Waals surface area (Å²) in [7, 11) is 3.47. The highest BCUT2D eigenvalue weighted by Gasteiger charge is 2.30. The topological polar surface area (TPSA) is 61.8 Å². The lowest BCUT2D eigenvalue weighted by atomic mass is 10.2. The molecule has 0 radical (unpaired) electrons. The maximum atomic E-state index is 11.9. The van der Waals surface area contributed by atoms with Crippen molar-refractivity contribution in [3.8, 4) is 5.75 Å². The van der Waals surface area contributed by atoms with Crippen LogP contribution in [-0.2, 0) is 11.3 Å². The minimum Gasteiger partial charge on any atom is -0.496 e. The van der Waals surface area contributed by atoms with Gasteiger partial charge in [-0.05, 0) is 31.9 Å². The molecule has 21 heavy (non-hydrogen) atoms. The number of methoxy groups -OCH3 is 1. The molecule has 0 aliphatic heterocycles. The van der Waals surface area contributed by atoms with Gasteiger partial charge in [0.1, 0.15) is 5.75 Å². The van der Waals surface area contributed by atoms with Gasteiger partial charge in [-0.1, -0.05) is 18.2 Å². The van der Waals surface area contributed by atoms with E-state index < -0.39 is 0 Å². The number of aliphatic hydroxyl groups is 1. The van der Waals surface area contributed by atoms with Gasteiger partial charge in [0, 0.05) is 18.7 Å². The van der Waals surface area contributed by atoms with Gasteiger partial charge in [0.15, 0.2) is 0 Å². The van der Waals surface area contributed by atoms with Gasteiger partial charge in [-0.2, -0.15) is 0 Å². The molecule has 0 aromatic heterocycles. The Kier molecular flexibility index (Phi) is 5.59. The number of nitrogens with zero attached hydrogens (tertiary/aromatic N) is 1. The Morgan fingerprint density at radius 3 is 2.86 bits per heavy atom. The van der Waals surface area contributed by atoms with Gasteiger partial charge >= 0.3 is 0 Å². The second-order valence-corrected chi connectivity index (χ2v) is 5.69. The van der Waals surface area contributed by atoms with Crippen LogP contribution in [-0.4, -0.2) is 49.3 Å². The van der Waals surface area contributed by atoms with Crippen LogP contribution >= 0.6 is 0 Å². The molecule has 5 heteroatoms. The van der Waals surface area contributed by atoms with E-state index in [9.17, 15) is 9.90 Å². The highest BCUT2D eigenvalue weighted by molar-refractivity contribution is 5.78. The standard InChI is InChI=1S/C16H24N2O3/c1-18(10-14(19)12-7-8-12)11-16(20)17-9-13-5-3-4-6-15(13)21-2/h3-6,12,14,19H,7-11H2,1-2H3,(H,17,20). The molecule has 0 bridgehead atoms. The second kappa shape index (κ2) is 7.43. The Balaban J connectivity index is 1.73. The predicted molar refractivity (Wildman–Crippen MR) is 81.1 cm³/mol. The summed E-state index contributed by atoms with van der Waals surface area (Å²) in [4.78, 5) is 13.8. The third kappa shape index (κ3) is 5.02. The number of hydrogen-bond donors (Lipinski definition) is 2. The smallest absolute Gasteiger partial charge is 0.234 e. The Labute approximate surface area is 125 Å². The number of aliphatic hydroxyl groups excluding tert-OH is 1. The Hall–Kier alpha value is -1.59. The van der Waals surface area contributed by atoms with Crippen molar-refractivity contribution in [1.29, 1.82) is 0 Å². The van der Waals surface area contributed by atoms with Gasteiger partial charge in [0.05, 0.1) is 19.8 Å². The van der Waals surface area contributed by atoms with Crippen LogP contribution in [0.4, 0.5) is 0 Å². The Morgan fingerprint density at radius 1 is 1.48 bits per heavy atom. The maximum Gasteiger partial charge on any atom is 0.234 e. The molecule has 1 aromatic carbocycles. The predicted octanol–water partition coefficient (Wildman–Crippen LogP) is 1.01. The number of para-hydroxylation sites is 1. The average Bonchev–Trinajstić information content (AvgIpc) is 3.29. The van der Waals surface area contributed by atoms with Gasteiger partial charge in [0.2, 0.25) is 5.91 Å². The van der Waals surface area contributed by atoms with E-state index in [1.54, 1.807) is 7.11 Å². The van der Waals surface area contributed by atoms with Crippen LogP contribution in [0.2, 0.25) is 0 Å². The van der Waals surface area contributed by atoms with Crippen molar-refractivity contribution in [3.05, 3.63) is 29.8 Å². The fourth-order valence-electron chi connectivity index (χ4n) is 2.36. The normalized spacial score (nSPS) is 15.8.